The van der Waals surface area contributed by atoms with Gasteiger partial charge >= 0.3 is 5.69 Å². The maximum absolute atomic E-state index is 12.2. The largest absolute Gasteiger partial charge is 0.349 e. The van der Waals surface area contributed by atoms with Gasteiger partial charge in [-0.1, -0.05) is 53.5 Å². The lowest BCUT2D eigenvalue weighted by molar-refractivity contribution is -0.116. The molecule has 4 aromatic rings. The number of nitrogens with one attached hydrogen (secondary N) is 1. The molecule has 2 heterocycles. The molecular formula is C24H20Cl2N4O3S. The molecule has 0 aliphatic carbocycles. The maximum atomic E-state index is 12.2. The molecular weight excluding hydrogens is 495 g/mol. The van der Waals surface area contributed by atoms with Crippen LogP contribution in [0.3, 0.4) is 0 Å². The summed E-state index contributed by atoms with van der Waals surface area (Å²) in [6, 6.07) is 12.8. The number of benzene rings is 2. The number of hydrogen-bond donors (Lipinski definition) is 1. The number of ketones is 1. The minimum atomic E-state index is -0.709. The minimum Gasteiger partial charge on any atom is -0.300 e. The molecule has 34 heavy (non-hydrogen) atoms. The Kier molecular flexibility index (Phi) is 6.58. The molecule has 0 amide bonds. The quantitative estimate of drug-likeness (QED) is 0.398. The van der Waals surface area contributed by atoms with Crippen molar-refractivity contribution < 1.29 is 4.79 Å². The molecule has 0 saturated heterocycles. The van der Waals surface area contributed by atoms with Gasteiger partial charge in [-0.2, -0.15) is 9.78 Å². The maximum Gasteiger partial charge on any atom is 0.349 e. The Labute approximate surface area is 209 Å². The number of Topliss-reactive ketones (excluding diaryl/α,β-unsaturated/α-hetero) is 1. The summed E-state index contributed by atoms with van der Waals surface area (Å²) < 4.78 is 1.01. The van der Waals surface area contributed by atoms with E-state index in [9.17, 15) is 14.4 Å². The van der Waals surface area contributed by atoms with E-state index in [2.05, 4.69) is 10.1 Å². The van der Waals surface area contributed by atoms with Gasteiger partial charge in [-0.05, 0) is 32.9 Å². The van der Waals surface area contributed by atoms with Crippen LogP contribution in [-0.4, -0.2) is 25.5 Å². The molecule has 1 N–H and O–H groups in total. The van der Waals surface area contributed by atoms with Gasteiger partial charge in [-0.3, -0.25) is 14.6 Å². The van der Waals surface area contributed by atoms with Gasteiger partial charge < -0.3 is 0 Å². The summed E-state index contributed by atoms with van der Waals surface area (Å²) in [5.74, 6) is 0.0458. The molecule has 0 bridgehead atoms. The Bertz CT molecular complexity index is 1480. The van der Waals surface area contributed by atoms with Crippen LogP contribution in [0.4, 0.5) is 0 Å². The molecule has 2 aromatic carbocycles. The van der Waals surface area contributed by atoms with Gasteiger partial charge in [0.2, 0.25) is 0 Å². The van der Waals surface area contributed by atoms with Crippen LogP contribution in [0.1, 0.15) is 36.2 Å². The SMILES string of the molecule is CC(=O)Cc1sc(C(C)(C)c2c(Cl)cc(-n3ncc(=O)[nH]c3=O)cc2Cl)nc1-c1ccccc1. The Hall–Kier alpha value is -3.07. The molecule has 0 fully saturated rings. The Balaban J connectivity index is 1.83. The molecule has 4 rings (SSSR count). The lowest BCUT2D eigenvalue weighted by Crippen LogP contribution is -2.30. The number of halogens is 2. The van der Waals surface area contributed by atoms with Gasteiger partial charge in [0.05, 0.1) is 11.4 Å². The average Bonchev–Trinajstić information content (AvgIpc) is 3.17. The molecule has 0 saturated carbocycles. The number of aromatic nitrogens is 4. The average molecular weight is 515 g/mol. The molecule has 2 aromatic heterocycles. The summed E-state index contributed by atoms with van der Waals surface area (Å²) in [4.78, 5) is 43.4. The highest BCUT2D eigenvalue weighted by Crippen LogP contribution is 2.44. The van der Waals surface area contributed by atoms with Crippen LogP contribution in [0.15, 0.2) is 58.3 Å². The highest BCUT2D eigenvalue weighted by molar-refractivity contribution is 7.12. The van der Waals surface area contributed by atoms with Crippen molar-refractivity contribution in [2.45, 2.75) is 32.6 Å². The zero-order valence-electron chi connectivity index (χ0n) is 18.6. The first-order valence-corrected chi connectivity index (χ1v) is 11.9. The normalized spacial score (nSPS) is 11.6. The van der Waals surface area contributed by atoms with Gasteiger partial charge in [0.25, 0.3) is 5.56 Å². The second-order valence-electron chi connectivity index (χ2n) is 8.30. The smallest absolute Gasteiger partial charge is 0.300 e. The highest BCUT2D eigenvalue weighted by Gasteiger charge is 2.33. The molecule has 0 aliphatic rings. The van der Waals surface area contributed by atoms with Crippen LogP contribution < -0.4 is 11.2 Å². The van der Waals surface area contributed by atoms with E-state index >= 15 is 0 Å². The van der Waals surface area contributed by atoms with Crippen molar-refractivity contribution in [2.24, 2.45) is 0 Å². The van der Waals surface area contributed by atoms with Crippen molar-refractivity contribution in [1.29, 1.82) is 0 Å². The van der Waals surface area contributed by atoms with Gasteiger partial charge in [0.1, 0.15) is 17.0 Å². The summed E-state index contributed by atoms with van der Waals surface area (Å²) >= 11 is 14.8. The summed E-state index contributed by atoms with van der Waals surface area (Å²) in [6.45, 7) is 5.46. The van der Waals surface area contributed by atoms with Crippen molar-refractivity contribution in [3.8, 4) is 16.9 Å². The Morgan fingerprint density at radius 1 is 1.12 bits per heavy atom. The van der Waals surface area contributed by atoms with Crippen molar-refractivity contribution in [3.05, 3.63) is 95.0 Å². The predicted molar refractivity (Wildman–Crippen MR) is 135 cm³/mol. The molecule has 10 heteroatoms. The van der Waals surface area contributed by atoms with Gasteiger partial charge in [0.15, 0.2) is 0 Å². The van der Waals surface area contributed by atoms with Crippen molar-refractivity contribution in [3.63, 3.8) is 0 Å². The predicted octanol–water partition coefficient (Wildman–Crippen LogP) is 4.81. The van der Waals surface area contributed by atoms with Crippen LogP contribution >= 0.6 is 34.5 Å². The van der Waals surface area contributed by atoms with Crippen molar-refractivity contribution >= 4 is 40.3 Å². The van der Waals surface area contributed by atoms with Crippen LogP contribution in [0, 0.1) is 0 Å². The molecule has 7 nitrogen and oxygen atoms in total. The van der Waals surface area contributed by atoms with Gasteiger partial charge in [-0.15, -0.1) is 11.3 Å². The third-order valence-corrected chi connectivity index (χ3v) is 7.27. The third kappa shape index (κ3) is 4.61. The van der Waals surface area contributed by atoms with Crippen molar-refractivity contribution in [1.82, 2.24) is 19.7 Å². The van der Waals surface area contributed by atoms with Gasteiger partial charge in [-0.25, -0.2) is 9.78 Å². The number of thiazole rings is 1. The van der Waals surface area contributed by atoms with E-state index in [4.69, 9.17) is 28.2 Å². The van der Waals surface area contributed by atoms with E-state index < -0.39 is 16.7 Å². The number of aromatic amines is 1. The first kappa shape index (κ1) is 24.1. The monoisotopic (exact) mass is 514 g/mol. The van der Waals surface area contributed by atoms with Crippen LogP contribution in [0.2, 0.25) is 10.0 Å². The van der Waals surface area contributed by atoms with Crippen LogP contribution in [0.5, 0.6) is 0 Å². The van der Waals surface area contributed by atoms with Crippen molar-refractivity contribution in [2.75, 3.05) is 0 Å². The van der Waals surface area contributed by atoms with E-state index in [0.717, 1.165) is 32.0 Å². The van der Waals surface area contributed by atoms with E-state index in [0.29, 0.717) is 21.3 Å². The van der Waals surface area contributed by atoms with Crippen LogP contribution in [0.25, 0.3) is 16.9 Å². The van der Waals surface area contributed by atoms with E-state index in [1.54, 1.807) is 19.1 Å². The van der Waals surface area contributed by atoms with E-state index in [1.807, 2.05) is 44.2 Å². The summed E-state index contributed by atoms with van der Waals surface area (Å²) in [6.07, 6.45) is 1.28. The molecule has 0 radical (unpaired) electrons. The number of H-pyrrole nitrogens is 1. The Morgan fingerprint density at radius 3 is 2.35 bits per heavy atom. The number of rotatable bonds is 6. The first-order valence-electron chi connectivity index (χ1n) is 10.3. The standard InChI is InChI=1S/C24H20Cl2N4O3S/c1-13(31)9-18-21(14-7-5-4-6-8-14)29-22(34-18)24(2,3)20-16(25)10-15(11-17(20)26)30-23(33)28-19(32)12-27-30/h4-8,10-12H,9H2,1-3H3,(H,28,32,33). The topological polar surface area (TPSA) is 97.7 Å². The summed E-state index contributed by atoms with van der Waals surface area (Å²) in [5.41, 5.74) is 0.615. The second-order valence-corrected chi connectivity index (χ2v) is 10.2. The number of hydrogen-bond acceptors (Lipinski definition) is 6. The van der Waals surface area contributed by atoms with Gasteiger partial charge in [0, 0.05) is 37.9 Å². The van der Waals surface area contributed by atoms with Crippen LogP contribution in [-0.2, 0) is 16.6 Å². The fourth-order valence-corrected chi connectivity index (χ4v) is 5.92. The zero-order chi connectivity index (χ0) is 24.6. The first-order chi connectivity index (χ1) is 16.1. The second kappa shape index (κ2) is 9.29. The summed E-state index contributed by atoms with van der Waals surface area (Å²) in [5, 5.41) is 5.24. The zero-order valence-corrected chi connectivity index (χ0v) is 20.9. The fourth-order valence-electron chi connectivity index (χ4n) is 3.71. The summed E-state index contributed by atoms with van der Waals surface area (Å²) in [7, 11) is 0. The number of nitrogens with zero attached hydrogens (tertiary/aromatic N) is 3. The molecule has 0 spiro atoms. The third-order valence-electron chi connectivity index (χ3n) is 5.30. The minimum absolute atomic E-state index is 0.0458. The molecule has 0 unspecified atom stereocenters. The van der Waals surface area contributed by atoms with E-state index in [1.165, 1.54) is 11.3 Å². The molecule has 0 aliphatic heterocycles. The fraction of sp³-hybridized carbons (Fsp3) is 0.208. The molecule has 174 valence electrons. The Morgan fingerprint density at radius 2 is 1.76 bits per heavy atom. The lowest BCUT2D eigenvalue weighted by Gasteiger charge is -2.26. The highest BCUT2D eigenvalue weighted by atomic mass is 35.5. The number of carbonyl (C=O) groups excluding carboxylic acids is 1. The number of carbonyl (C=O) groups is 1. The van der Waals surface area contributed by atoms with E-state index in [-0.39, 0.29) is 12.2 Å². The lowest BCUT2D eigenvalue weighted by atomic mass is 9.85. The molecule has 0 atom stereocenters.